The molecule has 0 saturated heterocycles. The molecule has 0 radical (unpaired) electrons. The third kappa shape index (κ3) is 3.11. The highest BCUT2D eigenvalue weighted by atomic mass is 79.9. The van der Waals surface area contributed by atoms with Gasteiger partial charge in [-0.05, 0) is 35.9 Å². The minimum Gasteiger partial charge on any atom is -0.396 e. The van der Waals surface area contributed by atoms with E-state index in [9.17, 15) is 4.39 Å². The number of halogens is 2. The third-order valence-corrected chi connectivity index (χ3v) is 3.46. The summed E-state index contributed by atoms with van der Waals surface area (Å²) in [5.41, 5.74) is 7.25. The smallest absolute Gasteiger partial charge is 0.258 e. The Hall–Kier alpha value is -2.21. The summed E-state index contributed by atoms with van der Waals surface area (Å²) >= 11 is 3.42. The van der Waals surface area contributed by atoms with Crippen LogP contribution in [0.5, 0.6) is 0 Å². The first-order chi connectivity index (χ1) is 10.1. The highest BCUT2D eigenvalue weighted by molar-refractivity contribution is 9.10. The molecule has 106 valence electrons. The molecule has 0 aliphatic rings. The van der Waals surface area contributed by atoms with Crippen molar-refractivity contribution in [1.29, 1.82) is 0 Å². The highest BCUT2D eigenvalue weighted by Crippen LogP contribution is 2.22. The maximum atomic E-state index is 13.1. The zero-order valence-corrected chi connectivity index (χ0v) is 12.5. The van der Waals surface area contributed by atoms with Gasteiger partial charge < -0.3 is 10.3 Å². The fraction of sp³-hybridized carbons (Fsp3) is 0.0667. The van der Waals surface area contributed by atoms with Crippen molar-refractivity contribution in [3.05, 3.63) is 64.1 Å². The van der Waals surface area contributed by atoms with Gasteiger partial charge >= 0.3 is 0 Å². The molecule has 21 heavy (non-hydrogen) atoms. The van der Waals surface area contributed by atoms with Crippen LogP contribution >= 0.6 is 15.9 Å². The first-order valence-electron chi connectivity index (χ1n) is 6.24. The summed E-state index contributed by atoms with van der Waals surface area (Å²) in [5.74, 6) is 0.422. The SMILES string of the molecule is Nc1cc(-c2nc(Cc3cccc(Br)c3)no2)ccc1F. The Balaban J connectivity index is 1.84. The lowest BCUT2D eigenvalue weighted by Crippen LogP contribution is -1.92. The number of benzene rings is 2. The Morgan fingerprint density at radius 2 is 2.05 bits per heavy atom. The topological polar surface area (TPSA) is 64.9 Å². The summed E-state index contributed by atoms with van der Waals surface area (Å²) in [6, 6.07) is 12.2. The summed E-state index contributed by atoms with van der Waals surface area (Å²) in [4.78, 5) is 4.31. The molecule has 0 unspecified atom stereocenters. The number of anilines is 1. The Labute approximate surface area is 128 Å². The van der Waals surface area contributed by atoms with Gasteiger partial charge in [0.15, 0.2) is 5.82 Å². The molecule has 1 heterocycles. The molecular weight excluding hydrogens is 337 g/mol. The molecule has 3 aromatic rings. The van der Waals surface area contributed by atoms with E-state index in [2.05, 4.69) is 26.1 Å². The summed E-state index contributed by atoms with van der Waals surface area (Å²) in [6.07, 6.45) is 0.555. The van der Waals surface area contributed by atoms with Gasteiger partial charge in [-0.2, -0.15) is 4.98 Å². The van der Waals surface area contributed by atoms with Gasteiger partial charge in [0.2, 0.25) is 0 Å². The van der Waals surface area contributed by atoms with Crippen molar-refractivity contribution >= 4 is 21.6 Å². The van der Waals surface area contributed by atoms with E-state index < -0.39 is 5.82 Å². The van der Waals surface area contributed by atoms with Gasteiger partial charge in [0.05, 0.1) is 5.69 Å². The maximum Gasteiger partial charge on any atom is 0.258 e. The Kier molecular flexibility index (Phi) is 3.70. The molecule has 0 saturated carbocycles. The van der Waals surface area contributed by atoms with Crippen molar-refractivity contribution in [2.24, 2.45) is 0 Å². The fourth-order valence-corrected chi connectivity index (χ4v) is 2.40. The van der Waals surface area contributed by atoms with E-state index in [1.54, 1.807) is 6.07 Å². The molecule has 4 nitrogen and oxygen atoms in total. The van der Waals surface area contributed by atoms with Crippen LogP contribution in [0.25, 0.3) is 11.5 Å². The van der Waals surface area contributed by atoms with E-state index in [0.29, 0.717) is 23.7 Å². The van der Waals surface area contributed by atoms with Gasteiger partial charge in [-0.25, -0.2) is 4.39 Å². The standard InChI is InChI=1S/C15H11BrFN3O/c16-11-3-1-2-9(6-11)7-14-19-15(21-20-14)10-4-5-12(17)13(18)8-10/h1-6,8H,7,18H2. The molecule has 0 amide bonds. The second kappa shape index (κ2) is 5.65. The van der Waals surface area contributed by atoms with Crippen LogP contribution in [0.3, 0.4) is 0 Å². The van der Waals surface area contributed by atoms with E-state index in [1.165, 1.54) is 12.1 Å². The molecule has 0 aliphatic carbocycles. The van der Waals surface area contributed by atoms with Crippen molar-refractivity contribution in [1.82, 2.24) is 10.1 Å². The molecule has 0 fully saturated rings. The number of aromatic nitrogens is 2. The second-order valence-electron chi connectivity index (χ2n) is 4.56. The highest BCUT2D eigenvalue weighted by Gasteiger charge is 2.11. The second-order valence-corrected chi connectivity index (χ2v) is 5.47. The maximum absolute atomic E-state index is 13.1. The zero-order valence-electron chi connectivity index (χ0n) is 10.9. The summed E-state index contributed by atoms with van der Waals surface area (Å²) < 4.78 is 19.3. The molecule has 1 aromatic heterocycles. The Morgan fingerprint density at radius 1 is 1.19 bits per heavy atom. The van der Waals surface area contributed by atoms with E-state index in [1.807, 2.05) is 24.3 Å². The molecular formula is C15H11BrFN3O. The number of nitrogens with zero attached hydrogens (tertiary/aromatic N) is 2. The van der Waals surface area contributed by atoms with Crippen molar-refractivity contribution in [2.75, 3.05) is 5.73 Å². The van der Waals surface area contributed by atoms with E-state index >= 15 is 0 Å². The summed E-state index contributed by atoms with van der Waals surface area (Å²) in [5, 5.41) is 3.93. The van der Waals surface area contributed by atoms with Crippen LogP contribution in [-0.4, -0.2) is 10.1 Å². The van der Waals surface area contributed by atoms with Crippen LogP contribution in [0.1, 0.15) is 11.4 Å². The van der Waals surface area contributed by atoms with Gasteiger partial charge in [-0.15, -0.1) is 0 Å². The molecule has 2 N–H and O–H groups in total. The Bertz CT molecular complexity index is 788. The predicted molar refractivity (Wildman–Crippen MR) is 81.1 cm³/mol. The van der Waals surface area contributed by atoms with Crippen molar-refractivity contribution in [3.8, 4) is 11.5 Å². The van der Waals surface area contributed by atoms with Crippen LogP contribution < -0.4 is 5.73 Å². The zero-order chi connectivity index (χ0) is 14.8. The minimum atomic E-state index is -0.465. The number of hydrogen-bond acceptors (Lipinski definition) is 4. The van der Waals surface area contributed by atoms with Crippen LogP contribution in [0.2, 0.25) is 0 Å². The normalized spacial score (nSPS) is 10.8. The van der Waals surface area contributed by atoms with Crippen molar-refractivity contribution in [3.63, 3.8) is 0 Å². The minimum absolute atomic E-state index is 0.0549. The molecule has 6 heteroatoms. The average molecular weight is 348 g/mol. The molecule has 0 bridgehead atoms. The number of nitrogen functional groups attached to an aromatic ring is 1. The van der Waals surface area contributed by atoms with Crippen LogP contribution in [0, 0.1) is 5.82 Å². The van der Waals surface area contributed by atoms with Crippen LogP contribution in [0.15, 0.2) is 51.5 Å². The van der Waals surface area contributed by atoms with Crippen molar-refractivity contribution < 1.29 is 8.91 Å². The van der Waals surface area contributed by atoms with Gasteiger partial charge in [-0.3, -0.25) is 0 Å². The molecule has 0 spiro atoms. The Morgan fingerprint density at radius 3 is 2.81 bits per heavy atom. The third-order valence-electron chi connectivity index (χ3n) is 2.96. The lowest BCUT2D eigenvalue weighted by molar-refractivity contribution is 0.424. The lowest BCUT2D eigenvalue weighted by Gasteiger charge is -1.98. The number of hydrogen-bond donors (Lipinski definition) is 1. The fourth-order valence-electron chi connectivity index (χ4n) is 1.95. The van der Waals surface area contributed by atoms with Gasteiger partial charge in [-0.1, -0.05) is 33.2 Å². The van der Waals surface area contributed by atoms with E-state index in [4.69, 9.17) is 10.3 Å². The average Bonchev–Trinajstić information content (AvgIpc) is 2.90. The van der Waals surface area contributed by atoms with Crippen LogP contribution in [0.4, 0.5) is 10.1 Å². The molecule has 2 aromatic carbocycles. The number of rotatable bonds is 3. The first-order valence-corrected chi connectivity index (χ1v) is 7.03. The van der Waals surface area contributed by atoms with Crippen molar-refractivity contribution in [2.45, 2.75) is 6.42 Å². The van der Waals surface area contributed by atoms with Crippen LogP contribution in [-0.2, 0) is 6.42 Å². The summed E-state index contributed by atoms with van der Waals surface area (Å²) in [6.45, 7) is 0. The quantitative estimate of drug-likeness (QED) is 0.731. The summed E-state index contributed by atoms with van der Waals surface area (Å²) in [7, 11) is 0. The predicted octanol–water partition coefficient (Wildman–Crippen LogP) is 3.81. The van der Waals surface area contributed by atoms with Gasteiger partial charge in [0.1, 0.15) is 5.82 Å². The van der Waals surface area contributed by atoms with Gasteiger partial charge in [0.25, 0.3) is 5.89 Å². The largest absolute Gasteiger partial charge is 0.396 e. The monoisotopic (exact) mass is 347 g/mol. The first kappa shape index (κ1) is 13.8. The van der Waals surface area contributed by atoms with E-state index in [-0.39, 0.29) is 5.69 Å². The molecule has 0 aliphatic heterocycles. The lowest BCUT2D eigenvalue weighted by atomic mass is 10.1. The molecule has 0 atom stereocenters. The number of nitrogens with two attached hydrogens (primary N) is 1. The van der Waals surface area contributed by atoms with Gasteiger partial charge in [0, 0.05) is 16.5 Å². The molecule has 3 rings (SSSR count). The van der Waals surface area contributed by atoms with E-state index in [0.717, 1.165) is 10.0 Å².